The van der Waals surface area contributed by atoms with Crippen LogP contribution < -0.4 is 11.1 Å². The minimum Gasteiger partial charge on any atom is -0.383 e. The van der Waals surface area contributed by atoms with Gasteiger partial charge in [0, 0.05) is 31.1 Å². The quantitative estimate of drug-likeness (QED) is 0.863. The lowest BCUT2D eigenvalue weighted by Crippen LogP contribution is -2.43. The van der Waals surface area contributed by atoms with Crippen molar-refractivity contribution in [3.05, 3.63) is 11.4 Å². The highest BCUT2D eigenvalue weighted by atomic mass is 16.5. The van der Waals surface area contributed by atoms with E-state index >= 15 is 0 Å². The van der Waals surface area contributed by atoms with Gasteiger partial charge in [0.25, 0.3) is 0 Å². The molecule has 1 aliphatic heterocycles. The summed E-state index contributed by atoms with van der Waals surface area (Å²) in [5.41, 5.74) is 6.86. The maximum Gasteiger partial charge on any atom is 0.135 e. The van der Waals surface area contributed by atoms with Crippen LogP contribution in [0.5, 0.6) is 0 Å². The van der Waals surface area contributed by atoms with Crippen LogP contribution in [-0.4, -0.2) is 54.3 Å². The van der Waals surface area contributed by atoms with Crippen LogP contribution in [-0.2, 0) is 4.74 Å². The Morgan fingerprint density at radius 2 is 2.20 bits per heavy atom. The van der Waals surface area contributed by atoms with Gasteiger partial charge in [0.1, 0.15) is 17.5 Å². The summed E-state index contributed by atoms with van der Waals surface area (Å²) in [7, 11) is 2.11. The van der Waals surface area contributed by atoms with E-state index in [9.17, 15) is 0 Å². The van der Waals surface area contributed by atoms with Crippen LogP contribution in [0.3, 0.4) is 0 Å². The van der Waals surface area contributed by atoms with Crippen molar-refractivity contribution < 1.29 is 4.74 Å². The average molecular weight is 279 g/mol. The minimum absolute atomic E-state index is 0.187. The SMILES string of the molecule is Cc1c(N)nc(C(C)C)nc1NCC1CN(C)CCO1. The van der Waals surface area contributed by atoms with Crippen LogP contribution in [0, 0.1) is 6.92 Å². The molecule has 1 aromatic rings. The largest absolute Gasteiger partial charge is 0.383 e. The van der Waals surface area contributed by atoms with Gasteiger partial charge in [-0.15, -0.1) is 0 Å². The summed E-state index contributed by atoms with van der Waals surface area (Å²) in [6, 6.07) is 0. The molecule has 6 nitrogen and oxygen atoms in total. The Balaban J connectivity index is 2.04. The number of aromatic nitrogens is 2. The number of morpholine rings is 1. The molecule has 0 saturated carbocycles. The zero-order valence-electron chi connectivity index (χ0n) is 12.8. The van der Waals surface area contributed by atoms with E-state index < -0.39 is 0 Å². The van der Waals surface area contributed by atoms with E-state index in [2.05, 4.69) is 41.1 Å². The third-order valence-corrected chi connectivity index (χ3v) is 3.56. The van der Waals surface area contributed by atoms with Crippen LogP contribution in [0.25, 0.3) is 0 Å². The highest BCUT2D eigenvalue weighted by Gasteiger charge is 2.18. The molecule has 20 heavy (non-hydrogen) atoms. The van der Waals surface area contributed by atoms with Crippen LogP contribution in [0.1, 0.15) is 31.2 Å². The van der Waals surface area contributed by atoms with Crippen LogP contribution >= 0.6 is 0 Å². The third-order valence-electron chi connectivity index (χ3n) is 3.56. The molecule has 0 bridgehead atoms. The number of nitrogen functional groups attached to an aromatic ring is 1. The minimum atomic E-state index is 0.187. The summed E-state index contributed by atoms with van der Waals surface area (Å²) >= 11 is 0. The number of anilines is 2. The predicted octanol–water partition coefficient (Wildman–Crippen LogP) is 1.23. The molecule has 1 aliphatic rings. The van der Waals surface area contributed by atoms with Gasteiger partial charge in [0.2, 0.25) is 0 Å². The number of ether oxygens (including phenoxy) is 1. The predicted molar refractivity (Wildman–Crippen MR) is 81.0 cm³/mol. The monoisotopic (exact) mass is 279 g/mol. The summed E-state index contributed by atoms with van der Waals surface area (Å²) in [6.07, 6.45) is 0.187. The van der Waals surface area contributed by atoms with Crippen molar-refractivity contribution in [1.82, 2.24) is 14.9 Å². The Morgan fingerprint density at radius 3 is 2.85 bits per heavy atom. The molecule has 1 saturated heterocycles. The molecule has 0 spiro atoms. The Labute approximate surface area is 120 Å². The summed E-state index contributed by atoms with van der Waals surface area (Å²) in [5.74, 6) is 2.40. The van der Waals surface area contributed by atoms with Crippen molar-refractivity contribution >= 4 is 11.6 Å². The van der Waals surface area contributed by atoms with E-state index in [1.807, 2.05) is 6.92 Å². The van der Waals surface area contributed by atoms with Gasteiger partial charge in [-0.1, -0.05) is 13.8 Å². The van der Waals surface area contributed by atoms with Crippen molar-refractivity contribution in [2.75, 3.05) is 44.3 Å². The van der Waals surface area contributed by atoms with E-state index in [1.54, 1.807) is 0 Å². The number of likely N-dealkylation sites (N-methyl/N-ethyl adjacent to an activating group) is 1. The average Bonchev–Trinajstić information content (AvgIpc) is 2.40. The molecule has 2 heterocycles. The summed E-state index contributed by atoms with van der Waals surface area (Å²) in [6.45, 7) is 9.51. The zero-order valence-corrected chi connectivity index (χ0v) is 12.8. The summed E-state index contributed by atoms with van der Waals surface area (Å²) in [5, 5.41) is 3.36. The lowest BCUT2D eigenvalue weighted by Gasteiger charge is -2.30. The molecular weight excluding hydrogens is 254 g/mol. The molecule has 0 aromatic carbocycles. The van der Waals surface area contributed by atoms with Gasteiger partial charge in [0.15, 0.2) is 0 Å². The number of hydrogen-bond acceptors (Lipinski definition) is 6. The molecule has 2 rings (SSSR count). The van der Waals surface area contributed by atoms with E-state index in [4.69, 9.17) is 10.5 Å². The smallest absolute Gasteiger partial charge is 0.135 e. The molecular formula is C14H25N5O. The van der Waals surface area contributed by atoms with Gasteiger partial charge in [-0.3, -0.25) is 0 Å². The molecule has 1 unspecified atom stereocenters. The first-order chi connectivity index (χ1) is 9.47. The van der Waals surface area contributed by atoms with E-state index in [0.717, 1.165) is 43.4 Å². The zero-order chi connectivity index (χ0) is 14.7. The molecule has 0 radical (unpaired) electrons. The fourth-order valence-corrected chi connectivity index (χ4v) is 2.18. The fraction of sp³-hybridized carbons (Fsp3) is 0.714. The number of nitrogens with one attached hydrogen (secondary N) is 1. The topological polar surface area (TPSA) is 76.3 Å². The lowest BCUT2D eigenvalue weighted by atomic mass is 10.2. The molecule has 112 valence electrons. The highest BCUT2D eigenvalue weighted by molar-refractivity contribution is 5.55. The van der Waals surface area contributed by atoms with Crippen molar-refractivity contribution in [3.63, 3.8) is 0 Å². The summed E-state index contributed by atoms with van der Waals surface area (Å²) < 4.78 is 5.74. The van der Waals surface area contributed by atoms with Crippen molar-refractivity contribution in [1.29, 1.82) is 0 Å². The lowest BCUT2D eigenvalue weighted by molar-refractivity contribution is -0.0117. The van der Waals surface area contributed by atoms with Gasteiger partial charge in [-0.2, -0.15) is 0 Å². The second kappa shape index (κ2) is 6.37. The van der Waals surface area contributed by atoms with Crippen LogP contribution in [0.15, 0.2) is 0 Å². The highest BCUT2D eigenvalue weighted by Crippen LogP contribution is 2.21. The van der Waals surface area contributed by atoms with Gasteiger partial charge in [-0.25, -0.2) is 9.97 Å². The van der Waals surface area contributed by atoms with Crippen molar-refractivity contribution in [2.24, 2.45) is 0 Å². The van der Waals surface area contributed by atoms with Crippen molar-refractivity contribution in [3.8, 4) is 0 Å². The third kappa shape index (κ3) is 3.58. The molecule has 1 aromatic heterocycles. The number of nitrogens with two attached hydrogens (primary N) is 1. The molecule has 3 N–H and O–H groups in total. The van der Waals surface area contributed by atoms with Crippen molar-refractivity contribution in [2.45, 2.75) is 32.8 Å². The molecule has 6 heteroatoms. The Bertz CT molecular complexity index is 463. The van der Waals surface area contributed by atoms with Gasteiger partial charge < -0.3 is 20.7 Å². The Morgan fingerprint density at radius 1 is 1.45 bits per heavy atom. The first kappa shape index (κ1) is 15.0. The first-order valence-corrected chi connectivity index (χ1v) is 7.15. The van der Waals surface area contributed by atoms with Crippen LogP contribution in [0.4, 0.5) is 11.6 Å². The number of hydrogen-bond donors (Lipinski definition) is 2. The number of nitrogens with zero attached hydrogens (tertiary/aromatic N) is 3. The maximum atomic E-state index is 5.96. The molecule has 0 aliphatic carbocycles. The maximum absolute atomic E-state index is 5.96. The summed E-state index contributed by atoms with van der Waals surface area (Å²) in [4.78, 5) is 11.2. The number of rotatable bonds is 4. The van der Waals surface area contributed by atoms with Gasteiger partial charge in [-0.05, 0) is 14.0 Å². The van der Waals surface area contributed by atoms with Crippen LogP contribution in [0.2, 0.25) is 0 Å². The molecule has 0 amide bonds. The van der Waals surface area contributed by atoms with Gasteiger partial charge >= 0.3 is 0 Å². The molecule has 1 fully saturated rings. The van der Waals surface area contributed by atoms with Gasteiger partial charge in [0.05, 0.1) is 12.7 Å². The van der Waals surface area contributed by atoms with E-state index in [-0.39, 0.29) is 12.0 Å². The van der Waals surface area contributed by atoms with E-state index in [0.29, 0.717) is 5.82 Å². The normalized spacial score (nSPS) is 20.4. The fourth-order valence-electron chi connectivity index (χ4n) is 2.18. The molecule has 1 atom stereocenters. The first-order valence-electron chi connectivity index (χ1n) is 7.15. The van der Waals surface area contributed by atoms with E-state index in [1.165, 1.54) is 0 Å². The Hall–Kier alpha value is -1.40. The second-order valence-corrected chi connectivity index (χ2v) is 5.73. The second-order valence-electron chi connectivity index (χ2n) is 5.73. The standard InChI is InChI=1S/C14H25N5O/c1-9(2)13-17-12(15)10(3)14(18-13)16-7-11-8-19(4)5-6-20-11/h9,11H,5-8H2,1-4H3,(H3,15,16,17,18). The Kier molecular flexibility index (Phi) is 4.77.